The van der Waals surface area contributed by atoms with Crippen LogP contribution in [0, 0.1) is 12.7 Å². The number of halogens is 1. The molecule has 0 fully saturated rings. The number of nitrogens with zero attached hydrogens (tertiary/aromatic N) is 2. The molecule has 0 radical (unpaired) electrons. The van der Waals surface area contributed by atoms with Crippen molar-refractivity contribution in [1.29, 1.82) is 0 Å². The SMILES string of the molecule is Cc1ccc(S(=O)(=O)N/N=C/C=NCc2cccc(F)c2)cc1. The summed E-state index contributed by atoms with van der Waals surface area (Å²) in [7, 11) is -3.68. The van der Waals surface area contributed by atoms with Gasteiger partial charge in [0.15, 0.2) is 0 Å². The fourth-order valence-electron chi connectivity index (χ4n) is 1.74. The van der Waals surface area contributed by atoms with E-state index in [1.54, 1.807) is 24.3 Å². The third-order valence-corrected chi connectivity index (χ3v) is 4.15. The van der Waals surface area contributed by atoms with Crippen LogP contribution >= 0.6 is 0 Å². The minimum absolute atomic E-state index is 0.136. The molecule has 0 aliphatic heterocycles. The van der Waals surface area contributed by atoms with E-state index in [0.29, 0.717) is 0 Å². The number of benzene rings is 2. The minimum atomic E-state index is -3.68. The number of rotatable bonds is 6. The molecule has 0 aliphatic carbocycles. The first-order valence-corrected chi connectivity index (χ1v) is 8.30. The quantitative estimate of drug-likeness (QED) is 0.652. The molecule has 0 spiro atoms. The topological polar surface area (TPSA) is 70.9 Å². The van der Waals surface area contributed by atoms with Crippen LogP contribution in [-0.2, 0) is 16.6 Å². The van der Waals surface area contributed by atoms with Crippen molar-refractivity contribution in [2.75, 3.05) is 0 Å². The highest BCUT2D eigenvalue weighted by Crippen LogP contribution is 2.09. The van der Waals surface area contributed by atoms with Crippen LogP contribution in [0.5, 0.6) is 0 Å². The summed E-state index contributed by atoms with van der Waals surface area (Å²) in [6, 6.07) is 12.5. The Bertz CT molecular complexity index is 815. The molecule has 0 saturated heterocycles. The molecule has 0 aliphatic rings. The van der Waals surface area contributed by atoms with Crippen LogP contribution < -0.4 is 4.83 Å². The summed E-state index contributed by atoms with van der Waals surface area (Å²) in [6.07, 6.45) is 2.58. The lowest BCUT2D eigenvalue weighted by Gasteiger charge is -2.02. The highest BCUT2D eigenvalue weighted by Gasteiger charge is 2.11. The van der Waals surface area contributed by atoms with E-state index in [1.807, 2.05) is 6.92 Å². The number of hydrogen-bond donors (Lipinski definition) is 1. The summed E-state index contributed by atoms with van der Waals surface area (Å²) >= 11 is 0. The van der Waals surface area contributed by atoms with Gasteiger partial charge in [-0.25, -0.2) is 9.22 Å². The average molecular weight is 333 g/mol. The maximum absolute atomic E-state index is 13.0. The molecule has 7 heteroatoms. The predicted octanol–water partition coefficient (Wildman–Crippen LogP) is 2.67. The second-order valence-electron chi connectivity index (χ2n) is 4.81. The van der Waals surface area contributed by atoms with Gasteiger partial charge in [-0.15, -0.1) is 0 Å². The average Bonchev–Trinajstić information content (AvgIpc) is 2.51. The molecule has 0 unspecified atom stereocenters. The van der Waals surface area contributed by atoms with E-state index in [1.165, 1.54) is 36.7 Å². The zero-order chi connectivity index (χ0) is 16.7. The van der Waals surface area contributed by atoms with Gasteiger partial charge in [0.2, 0.25) is 0 Å². The Labute approximate surface area is 134 Å². The van der Waals surface area contributed by atoms with Crippen molar-refractivity contribution in [2.24, 2.45) is 10.1 Å². The molecular formula is C16H16FN3O2S. The summed E-state index contributed by atoms with van der Waals surface area (Å²) in [5, 5.41) is 3.60. The Balaban J connectivity index is 1.88. The highest BCUT2D eigenvalue weighted by molar-refractivity contribution is 7.89. The number of aliphatic imine (C=N–C) groups is 1. The Morgan fingerprint density at radius 3 is 2.57 bits per heavy atom. The first-order chi connectivity index (χ1) is 11.0. The number of hydrazone groups is 1. The Morgan fingerprint density at radius 2 is 1.87 bits per heavy atom. The fourth-order valence-corrected chi connectivity index (χ4v) is 2.54. The molecular weight excluding hydrogens is 317 g/mol. The zero-order valence-corrected chi connectivity index (χ0v) is 13.3. The van der Waals surface area contributed by atoms with Gasteiger partial charge >= 0.3 is 0 Å². The maximum Gasteiger partial charge on any atom is 0.276 e. The van der Waals surface area contributed by atoms with Crippen molar-refractivity contribution in [1.82, 2.24) is 4.83 Å². The van der Waals surface area contributed by atoms with E-state index in [2.05, 4.69) is 14.9 Å². The van der Waals surface area contributed by atoms with Gasteiger partial charge in [0.05, 0.1) is 17.7 Å². The first kappa shape index (κ1) is 16.8. The molecule has 23 heavy (non-hydrogen) atoms. The zero-order valence-electron chi connectivity index (χ0n) is 12.5. The van der Waals surface area contributed by atoms with Crippen LogP contribution in [-0.4, -0.2) is 20.8 Å². The Kier molecular flexibility index (Phi) is 5.59. The second kappa shape index (κ2) is 7.64. The molecule has 5 nitrogen and oxygen atoms in total. The summed E-state index contributed by atoms with van der Waals surface area (Å²) in [6.45, 7) is 2.16. The fraction of sp³-hybridized carbons (Fsp3) is 0.125. The van der Waals surface area contributed by atoms with Gasteiger partial charge in [0.1, 0.15) is 5.82 Å². The number of sulfonamides is 1. The molecule has 1 N–H and O–H groups in total. The lowest BCUT2D eigenvalue weighted by molar-refractivity contribution is 0.584. The predicted molar refractivity (Wildman–Crippen MR) is 88.6 cm³/mol. The normalized spacial score (nSPS) is 12.1. The Hall–Kier alpha value is -2.54. The Morgan fingerprint density at radius 1 is 1.13 bits per heavy atom. The van der Waals surface area contributed by atoms with Gasteiger partial charge in [-0.05, 0) is 36.8 Å². The second-order valence-corrected chi connectivity index (χ2v) is 6.47. The van der Waals surface area contributed by atoms with Crippen molar-refractivity contribution in [3.05, 3.63) is 65.5 Å². The smallest absolute Gasteiger partial charge is 0.276 e. The van der Waals surface area contributed by atoms with Crippen LogP contribution in [0.25, 0.3) is 0 Å². The van der Waals surface area contributed by atoms with Gasteiger partial charge in [-0.3, -0.25) is 4.99 Å². The number of nitrogens with one attached hydrogen (secondary N) is 1. The van der Waals surface area contributed by atoms with Crippen LogP contribution in [0.4, 0.5) is 4.39 Å². The third kappa shape index (κ3) is 5.30. The maximum atomic E-state index is 13.0. The van der Waals surface area contributed by atoms with E-state index in [4.69, 9.17) is 0 Å². The molecule has 2 rings (SSSR count). The van der Waals surface area contributed by atoms with Crippen molar-refractivity contribution in [3.63, 3.8) is 0 Å². The first-order valence-electron chi connectivity index (χ1n) is 6.82. The highest BCUT2D eigenvalue weighted by atomic mass is 32.2. The van der Waals surface area contributed by atoms with Crippen LogP contribution in [0.2, 0.25) is 0 Å². The van der Waals surface area contributed by atoms with E-state index in [-0.39, 0.29) is 17.3 Å². The minimum Gasteiger partial charge on any atom is -0.287 e. The molecule has 0 amide bonds. The van der Waals surface area contributed by atoms with Crippen molar-refractivity contribution in [2.45, 2.75) is 18.4 Å². The number of aryl methyl sites for hydroxylation is 1. The lowest BCUT2D eigenvalue weighted by Crippen LogP contribution is -2.18. The van der Waals surface area contributed by atoms with Gasteiger partial charge in [-0.1, -0.05) is 29.8 Å². The monoisotopic (exact) mass is 333 g/mol. The van der Waals surface area contributed by atoms with E-state index in [9.17, 15) is 12.8 Å². The van der Waals surface area contributed by atoms with Crippen LogP contribution in [0.15, 0.2) is 63.5 Å². The van der Waals surface area contributed by atoms with Crippen molar-refractivity contribution >= 4 is 22.5 Å². The molecule has 0 bridgehead atoms. The summed E-state index contributed by atoms with van der Waals surface area (Å²) in [5.41, 5.74) is 1.69. The van der Waals surface area contributed by atoms with E-state index in [0.717, 1.165) is 11.1 Å². The van der Waals surface area contributed by atoms with Gasteiger partial charge in [0.25, 0.3) is 10.0 Å². The largest absolute Gasteiger partial charge is 0.287 e. The molecule has 120 valence electrons. The molecule has 0 saturated carbocycles. The van der Waals surface area contributed by atoms with Gasteiger partial charge in [-0.2, -0.15) is 13.5 Å². The third-order valence-electron chi connectivity index (χ3n) is 2.91. The van der Waals surface area contributed by atoms with Crippen molar-refractivity contribution in [3.8, 4) is 0 Å². The van der Waals surface area contributed by atoms with Crippen molar-refractivity contribution < 1.29 is 12.8 Å². The van der Waals surface area contributed by atoms with E-state index < -0.39 is 10.0 Å². The van der Waals surface area contributed by atoms with E-state index >= 15 is 0 Å². The van der Waals surface area contributed by atoms with Crippen LogP contribution in [0.1, 0.15) is 11.1 Å². The molecule has 2 aromatic carbocycles. The summed E-state index contributed by atoms with van der Waals surface area (Å²) in [4.78, 5) is 6.24. The summed E-state index contributed by atoms with van der Waals surface area (Å²) in [5.74, 6) is -0.322. The molecule has 2 aromatic rings. The van der Waals surface area contributed by atoms with Gasteiger partial charge in [0, 0.05) is 6.21 Å². The molecule has 0 atom stereocenters. The molecule has 0 aromatic heterocycles. The van der Waals surface area contributed by atoms with Gasteiger partial charge < -0.3 is 0 Å². The van der Waals surface area contributed by atoms with Crippen LogP contribution in [0.3, 0.4) is 0 Å². The standard InChI is InChI=1S/C16H16FN3O2S/c1-13-5-7-16(8-6-13)23(21,22)20-19-10-9-18-12-14-3-2-4-15(17)11-14/h2-11,20H,12H2,1H3/b18-9?,19-10+. The summed E-state index contributed by atoms with van der Waals surface area (Å²) < 4.78 is 36.8. The molecule has 0 heterocycles. The number of hydrogen-bond acceptors (Lipinski definition) is 4. The lowest BCUT2D eigenvalue weighted by atomic mass is 10.2.